The molecule has 0 amide bonds. The minimum absolute atomic E-state index is 0.326. The highest BCUT2D eigenvalue weighted by Crippen LogP contribution is 2.21. The van der Waals surface area contributed by atoms with Crippen molar-refractivity contribution in [2.45, 2.75) is 25.9 Å². The van der Waals surface area contributed by atoms with Crippen molar-refractivity contribution in [3.8, 4) is 0 Å². The zero-order valence-electron chi connectivity index (χ0n) is 9.70. The van der Waals surface area contributed by atoms with Crippen LogP contribution in [0.5, 0.6) is 0 Å². The summed E-state index contributed by atoms with van der Waals surface area (Å²) in [7, 11) is 0. The molecule has 1 aromatic carbocycles. The van der Waals surface area contributed by atoms with Gasteiger partial charge < -0.3 is 5.73 Å². The number of hydrogen-bond donors (Lipinski definition) is 1. The minimum atomic E-state index is 0.326. The van der Waals surface area contributed by atoms with Gasteiger partial charge in [-0.15, -0.1) is 0 Å². The number of rotatable bonds is 3. The van der Waals surface area contributed by atoms with Crippen molar-refractivity contribution in [1.82, 2.24) is 4.90 Å². The number of benzene rings is 1. The van der Waals surface area contributed by atoms with Crippen LogP contribution in [-0.2, 0) is 6.54 Å². The van der Waals surface area contributed by atoms with Crippen LogP contribution in [0, 0.1) is 5.92 Å². The summed E-state index contributed by atoms with van der Waals surface area (Å²) >= 11 is 3.51. The van der Waals surface area contributed by atoms with Gasteiger partial charge in [0.15, 0.2) is 0 Å². The van der Waals surface area contributed by atoms with Gasteiger partial charge in [-0.05, 0) is 43.5 Å². The lowest BCUT2D eigenvalue weighted by atomic mass is 10.0. The molecule has 2 atom stereocenters. The third-order valence-corrected chi connectivity index (χ3v) is 3.84. The van der Waals surface area contributed by atoms with E-state index in [0.717, 1.165) is 17.6 Å². The van der Waals surface area contributed by atoms with Crippen molar-refractivity contribution >= 4 is 15.9 Å². The highest BCUT2D eigenvalue weighted by Gasteiger charge is 2.24. The fourth-order valence-electron chi connectivity index (χ4n) is 2.33. The van der Waals surface area contributed by atoms with Crippen LogP contribution in [0.25, 0.3) is 0 Å². The molecule has 2 N–H and O–H groups in total. The summed E-state index contributed by atoms with van der Waals surface area (Å²) in [4.78, 5) is 2.50. The Balaban J connectivity index is 1.92. The lowest BCUT2D eigenvalue weighted by Crippen LogP contribution is -2.29. The third kappa shape index (κ3) is 3.06. The van der Waals surface area contributed by atoms with Gasteiger partial charge in [0.1, 0.15) is 0 Å². The Hall–Kier alpha value is -0.380. The summed E-state index contributed by atoms with van der Waals surface area (Å²) < 4.78 is 1.16. The molecule has 2 unspecified atom stereocenters. The second-order valence-electron chi connectivity index (χ2n) is 4.77. The Kier molecular flexibility index (Phi) is 4.00. The number of likely N-dealkylation sites (tertiary alicyclic amines) is 1. The molecule has 0 bridgehead atoms. The Morgan fingerprint density at radius 1 is 1.56 bits per heavy atom. The summed E-state index contributed by atoms with van der Waals surface area (Å²) in [6.07, 6.45) is 1.24. The molecule has 1 aromatic rings. The van der Waals surface area contributed by atoms with E-state index in [4.69, 9.17) is 5.73 Å². The first-order chi connectivity index (χ1) is 7.65. The molecule has 0 aliphatic carbocycles. The van der Waals surface area contributed by atoms with Gasteiger partial charge in [0.25, 0.3) is 0 Å². The molecule has 1 saturated heterocycles. The maximum Gasteiger partial charge on any atom is 0.0234 e. The van der Waals surface area contributed by atoms with Crippen LogP contribution in [0.2, 0.25) is 0 Å². The van der Waals surface area contributed by atoms with E-state index in [9.17, 15) is 0 Å². The minimum Gasteiger partial charge on any atom is -0.328 e. The molecule has 0 saturated carbocycles. The van der Waals surface area contributed by atoms with Crippen LogP contribution in [0.3, 0.4) is 0 Å². The van der Waals surface area contributed by atoms with Crippen LogP contribution in [0.15, 0.2) is 28.7 Å². The zero-order valence-corrected chi connectivity index (χ0v) is 11.3. The van der Waals surface area contributed by atoms with Crippen LogP contribution >= 0.6 is 15.9 Å². The Labute approximate surface area is 106 Å². The summed E-state index contributed by atoms with van der Waals surface area (Å²) in [5.41, 5.74) is 7.32. The molecule has 88 valence electrons. The quantitative estimate of drug-likeness (QED) is 0.924. The molecule has 1 heterocycles. The number of hydrogen-bond acceptors (Lipinski definition) is 2. The molecular formula is C13H19BrN2. The van der Waals surface area contributed by atoms with E-state index >= 15 is 0 Å². The highest BCUT2D eigenvalue weighted by atomic mass is 79.9. The van der Waals surface area contributed by atoms with Crippen molar-refractivity contribution in [2.24, 2.45) is 11.7 Å². The van der Waals surface area contributed by atoms with Gasteiger partial charge >= 0.3 is 0 Å². The molecule has 0 spiro atoms. The molecule has 0 radical (unpaired) electrons. The topological polar surface area (TPSA) is 29.3 Å². The smallest absolute Gasteiger partial charge is 0.0234 e. The van der Waals surface area contributed by atoms with Gasteiger partial charge in [-0.3, -0.25) is 4.90 Å². The lowest BCUT2D eigenvalue weighted by molar-refractivity contribution is 0.308. The van der Waals surface area contributed by atoms with Crippen molar-refractivity contribution in [3.05, 3.63) is 34.3 Å². The Morgan fingerprint density at radius 3 is 3.00 bits per heavy atom. The molecule has 2 rings (SSSR count). The SMILES string of the molecule is CC(N)C1CCN(Cc2cccc(Br)c2)C1. The summed E-state index contributed by atoms with van der Waals surface area (Å²) in [5, 5.41) is 0. The van der Waals surface area contributed by atoms with E-state index in [1.165, 1.54) is 18.5 Å². The second kappa shape index (κ2) is 5.30. The van der Waals surface area contributed by atoms with Gasteiger partial charge in [-0.25, -0.2) is 0 Å². The largest absolute Gasteiger partial charge is 0.328 e. The first kappa shape index (κ1) is 12.1. The predicted molar refractivity (Wildman–Crippen MR) is 71.2 cm³/mol. The van der Waals surface area contributed by atoms with Crippen LogP contribution in [0.1, 0.15) is 18.9 Å². The molecule has 1 aliphatic heterocycles. The Bertz CT molecular complexity index is 352. The molecule has 1 fully saturated rings. The van der Waals surface area contributed by atoms with E-state index < -0.39 is 0 Å². The molecule has 3 heteroatoms. The molecule has 16 heavy (non-hydrogen) atoms. The van der Waals surface area contributed by atoms with E-state index in [2.05, 4.69) is 52.0 Å². The van der Waals surface area contributed by atoms with Gasteiger partial charge in [-0.1, -0.05) is 28.1 Å². The zero-order chi connectivity index (χ0) is 11.5. The third-order valence-electron chi connectivity index (χ3n) is 3.35. The fourth-order valence-corrected chi connectivity index (χ4v) is 2.78. The average molecular weight is 283 g/mol. The first-order valence-corrected chi connectivity index (χ1v) is 6.67. The van der Waals surface area contributed by atoms with E-state index in [-0.39, 0.29) is 0 Å². The van der Waals surface area contributed by atoms with Crippen molar-refractivity contribution < 1.29 is 0 Å². The molecule has 2 nitrogen and oxygen atoms in total. The Morgan fingerprint density at radius 2 is 2.38 bits per heavy atom. The molecule has 0 aromatic heterocycles. The number of nitrogens with two attached hydrogens (primary N) is 1. The van der Waals surface area contributed by atoms with Gasteiger partial charge in [0.05, 0.1) is 0 Å². The van der Waals surface area contributed by atoms with Crippen LogP contribution in [0.4, 0.5) is 0 Å². The highest BCUT2D eigenvalue weighted by molar-refractivity contribution is 9.10. The average Bonchev–Trinajstić information content (AvgIpc) is 2.66. The normalized spacial score (nSPS) is 23.6. The maximum atomic E-state index is 5.94. The second-order valence-corrected chi connectivity index (χ2v) is 5.69. The van der Waals surface area contributed by atoms with Crippen LogP contribution in [-0.4, -0.2) is 24.0 Å². The van der Waals surface area contributed by atoms with Crippen molar-refractivity contribution in [3.63, 3.8) is 0 Å². The molecule has 1 aliphatic rings. The first-order valence-electron chi connectivity index (χ1n) is 5.87. The van der Waals surface area contributed by atoms with Gasteiger partial charge in [0, 0.05) is 23.6 Å². The lowest BCUT2D eigenvalue weighted by Gasteiger charge is -2.17. The predicted octanol–water partition coefficient (Wildman–Crippen LogP) is 2.62. The summed E-state index contributed by atoms with van der Waals surface area (Å²) in [6, 6.07) is 8.87. The maximum absolute atomic E-state index is 5.94. The van der Waals surface area contributed by atoms with Gasteiger partial charge in [-0.2, -0.15) is 0 Å². The standard InChI is InChI=1S/C13H19BrN2/c1-10(15)12-5-6-16(9-12)8-11-3-2-4-13(14)7-11/h2-4,7,10,12H,5-6,8-9,15H2,1H3. The van der Waals surface area contributed by atoms with Crippen molar-refractivity contribution in [2.75, 3.05) is 13.1 Å². The summed E-state index contributed by atoms with van der Waals surface area (Å²) in [5.74, 6) is 0.673. The van der Waals surface area contributed by atoms with E-state index in [0.29, 0.717) is 12.0 Å². The van der Waals surface area contributed by atoms with Gasteiger partial charge in [0.2, 0.25) is 0 Å². The van der Waals surface area contributed by atoms with E-state index in [1.54, 1.807) is 0 Å². The number of nitrogens with zero attached hydrogens (tertiary/aromatic N) is 1. The molecular weight excluding hydrogens is 264 g/mol. The summed E-state index contributed by atoms with van der Waals surface area (Å²) in [6.45, 7) is 5.48. The monoisotopic (exact) mass is 282 g/mol. The fraction of sp³-hybridized carbons (Fsp3) is 0.538. The van der Waals surface area contributed by atoms with Crippen molar-refractivity contribution in [1.29, 1.82) is 0 Å². The van der Waals surface area contributed by atoms with E-state index in [1.807, 2.05) is 0 Å². The van der Waals surface area contributed by atoms with Crippen LogP contribution < -0.4 is 5.73 Å². The number of halogens is 1.